The average molecular weight is 231 g/mol. The van der Waals surface area contributed by atoms with Crippen LogP contribution >= 0.6 is 0 Å². The lowest BCUT2D eigenvalue weighted by Crippen LogP contribution is -2.04. The van der Waals surface area contributed by atoms with E-state index in [4.69, 9.17) is 10.8 Å². The lowest BCUT2D eigenvalue weighted by molar-refractivity contribution is 0.0698. The summed E-state index contributed by atoms with van der Waals surface area (Å²) in [5, 5.41) is 8.93. The van der Waals surface area contributed by atoms with Crippen LogP contribution in [0.1, 0.15) is 10.4 Å². The first kappa shape index (κ1) is 11.1. The summed E-state index contributed by atoms with van der Waals surface area (Å²) in [6.07, 6.45) is 0. The van der Waals surface area contributed by atoms with Gasteiger partial charge in [0, 0.05) is 11.1 Å². The van der Waals surface area contributed by atoms with Gasteiger partial charge in [-0.25, -0.2) is 9.18 Å². The van der Waals surface area contributed by atoms with E-state index in [1.807, 2.05) is 0 Å². The Kier molecular flexibility index (Phi) is 2.78. The van der Waals surface area contributed by atoms with Crippen LogP contribution in [0.4, 0.5) is 10.1 Å². The molecule has 0 spiro atoms. The van der Waals surface area contributed by atoms with Crippen LogP contribution in [0.25, 0.3) is 11.1 Å². The van der Waals surface area contributed by atoms with Crippen molar-refractivity contribution in [1.82, 2.24) is 0 Å². The maximum absolute atomic E-state index is 13.6. The van der Waals surface area contributed by atoms with E-state index < -0.39 is 11.8 Å². The molecular weight excluding hydrogens is 221 g/mol. The van der Waals surface area contributed by atoms with Crippen molar-refractivity contribution in [2.24, 2.45) is 0 Å². The fourth-order valence-corrected chi connectivity index (χ4v) is 1.67. The lowest BCUT2D eigenvalue weighted by atomic mass is 10.00. The molecule has 0 fully saturated rings. The Morgan fingerprint density at radius 3 is 2.35 bits per heavy atom. The molecule has 2 rings (SSSR count). The van der Waals surface area contributed by atoms with Gasteiger partial charge in [0.05, 0.1) is 11.3 Å². The Morgan fingerprint density at radius 1 is 1.06 bits per heavy atom. The van der Waals surface area contributed by atoms with Gasteiger partial charge in [0.25, 0.3) is 0 Å². The molecule has 0 saturated heterocycles. The van der Waals surface area contributed by atoms with E-state index >= 15 is 0 Å². The van der Waals surface area contributed by atoms with E-state index in [0.29, 0.717) is 11.1 Å². The molecule has 86 valence electrons. The van der Waals surface area contributed by atoms with Gasteiger partial charge < -0.3 is 10.8 Å². The van der Waals surface area contributed by atoms with Crippen molar-refractivity contribution < 1.29 is 14.3 Å². The van der Waals surface area contributed by atoms with Crippen molar-refractivity contribution in [2.75, 3.05) is 5.73 Å². The number of nitrogen functional groups attached to an aromatic ring is 1. The smallest absolute Gasteiger partial charge is 0.337 e. The largest absolute Gasteiger partial charge is 0.478 e. The molecule has 0 radical (unpaired) electrons. The van der Waals surface area contributed by atoms with Crippen molar-refractivity contribution >= 4 is 11.7 Å². The number of para-hydroxylation sites is 1. The quantitative estimate of drug-likeness (QED) is 0.781. The van der Waals surface area contributed by atoms with Gasteiger partial charge >= 0.3 is 5.97 Å². The molecular formula is C13H10FNO2. The molecule has 0 amide bonds. The van der Waals surface area contributed by atoms with E-state index in [1.165, 1.54) is 12.1 Å². The Hall–Kier alpha value is -2.36. The van der Waals surface area contributed by atoms with E-state index in [9.17, 15) is 9.18 Å². The van der Waals surface area contributed by atoms with Crippen LogP contribution in [0.2, 0.25) is 0 Å². The molecule has 2 aromatic rings. The van der Waals surface area contributed by atoms with Crippen LogP contribution in [0.5, 0.6) is 0 Å². The standard InChI is InChI=1S/C13H10FNO2/c14-11-7-2-1-4-8(11)9-5-3-6-10(12(9)15)13(16)17/h1-7H,15H2,(H,16,17). The van der Waals surface area contributed by atoms with Gasteiger partial charge in [-0.3, -0.25) is 0 Å². The fourth-order valence-electron chi connectivity index (χ4n) is 1.67. The van der Waals surface area contributed by atoms with Crippen LogP contribution in [0, 0.1) is 5.82 Å². The second kappa shape index (κ2) is 4.25. The van der Waals surface area contributed by atoms with Crippen LogP contribution in [-0.4, -0.2) is 11.1 Å². The molecule has 0 aliphatic rings. The average Bonchev–Trinajstić information content (AvgIpc) is 2.30. The number of hydrogen-bond acceptors (Lipinski definition) is 2. The highest BCUT2D eigenvalue weighted by atomic mass is 19.1. The minimum atomic E-state index is -1.12. The number of halogens is 1. The number of anilines is 1. The lowest BCUT2D eigenvalue weighted by Gasteiger charge is -2.09. The van der Waals surface area contributed by atoms with E-state index in [0.717, 1.165) is 0 Å². The Balaban J connectivity index is 2.65. The van der Waals surface area contributed by atoms with Crippen molar-refractivity contribution in [3.63, 3.8) is 0 Å². The predicted molar refractivity (Wildman–Crippen MR) is 63.2 cm³/mol. The van der Waals surface area contributed by atoms with Crippen molar-refractivity contribution in [3.05, 3.63) is 53.8 Å². The molecule has 0 atom stereocenters. The minimum absolute atomic E-state index is 0.0225. The second-order valence-electron chi connectivity index (χ2n) is 3.55. The van der Waals surface area contributed by atoms with Gasteiger partial charge in [0.2, 0.25) is 0 Å². The summed E-state index contributed by atoms with van der Waals surface area (Å²) in [6, 6.07) is 10.6. The van der Waals surface area contributed by atoms with Gasteiger partial charge in [-0.2, -0.15) is 0 Å². The van der Waals surface area contributed by atoms with Gasteiger partial charge in [-0.15, -0.1) is 0 Å². The Morgan fingerprint density at radius 2 is 1.71 bits per heavy atom. The van der Waals surface area contributed by atoms with Gasteiger partial charge in [0.1, 0.15) is 5.82 Å². The number of hydrogen-bond donors (Lipinski definition) is 2. The molecule has 0 aliphatic heterocycles. The van der Waals surface area contributed by atoms with Crippen LogP contribution in [0.3, 0.4) is 0 Å². The zero-order valence-electron chi connectivity index (χ0n) is 8.85. The molecule has 0 aliphatic carbocycles. The Labute approximate surface area is 97.3 Å². The monoisotopic (exact) mass is 231 g/mol. The van der Waals surface area contributed by atoms with E-state index in [-0.39, 0.29) is 11.3 Å². The zero-order valence-corrected chi connectivity index (χ0v) is 8.85. The molecule has 0 heterocycles. The van der Waals surface area contributed by atoms with Crippen molar-refractivity contribution in [3.8, 4) is 11.1 Å². The molecule has 0 aromatic heterocycles. The summed E-state index contributed by atoms with van der Waals surface area (Å²) in [7, 11) is 0. The molecule has 3 N–H and O–H groups in total. The molecule has 2 aromatic carbocycles. The summed E-state index contributed by atoms with van der Waals surface area (Å²) >= 11 is 0. The number of nitrogens with two attached hydrogens (primary N) is 1. The van der Waals surface area contributed by atoms with Gasteiger partial charge in [-0.05, 0) is 12.1 Å². The summed E-state index contributed by atoms with van der Waals surface area (Å²) in [5.74, 6) is -1.55. The fraction of sp³-hybridized carbons (Fsp3) is 0. The first-order valence-corrected chi connectivity index (χ1v) is 4.98. The number of carboxylic acids is 1. The molecule has 4 heteroatoms. The van der Waals surface area contributed by atoms with Gasteiger partial charge in [0.15, 0.2) is 0 Å². The topological polar surface area (TPSA) is 63.3 Å². The van der Waals surface area contributed by atoms with Gasteiger partial charge in [-0.1, -0.05) is 30.3 Å². The third kappa shape index (κ3) is 1.97. The summed E-state index contributed by atoms with van der Waals surface area (Å²) in [5.41, 5.74) is 6.48. The number of rotatable bonds is 2. The summed E-state index contributed by atoms with van der Waals surface area (Å²) < 4.78 is 13.6. The highest BCUT2D eigenvalue weighted by Crippen LogP contribution is 2.30. The van der Waals surface area contributed by atoms with Crippen molar-refractivity contribution in [1.29, 1.82) is 0 Å². The number of benzene rings is 2. The SMILES string of the molecule is Nc1c(C(=O)O)cccc1-c1ccccc1F. The maximum atomic E-state index is 13.6. The van der Waals surface area contributed by atoms with E-state index in [1.54, 1.807) is 30.3 Å². The highest BCUT2D eigenvalue weighted by Gasteiger charge is 2.14. The van der Waals surface area contributed by atoms with Crippen LogP contribution in [0.15, 0.2) is 42.5 Å². The first-order chi connectivity index (χ1) is 8.11. The molecule has 0 bridgehead atoms. The minimum Gasteiger partial charge on any atom is -0.478 e. The molecule has 0 unspecified atom stereocenters. The number of aromatic carboxylic acids is 1. The number of carbonyl (C=O) groups is 1. The summed E-state index contributed by atoms with van der Waals surface area (Å²) in [6.45, 7) is 0. The molecule has 3 nitrogen and oxygen atoms in total. The van der Waals surface area contributed by atoms with Crippen LogP contribution in [-0.2, 0) is 0 Å². The first-order valence-electron chi connectivity index (χ1n) is 4.98. The van der Waals surface area contributed by atoms with Crippen molar-refractivity contribution in [2.45, 2.75) is 0 Å². The highest BCUT2D eigenvalue weighted by molar-refractivity contribution is 5.98. The third-order valence-corrected chi connectivity index (χ3v) is 2.50. The van der Waals surface area contributed by atoms with Crippen LogP contribution < -0.4 is 5.73 Å². The normalized spacial score (nSPS) is 10.2. The Bertz CT molecular complexity index is 581. The maximum Gasteiger partial charge on any atom is 0.337 e. The molecule has 17 heavy (non-hydrogen) atoms. The number of carboxylic acid groups (broad SMARTS) is 1. The summed E-state index contributed by atoms with van der Waals surface area (Å²) in [4.78, 5) is 10.9. The third-order valence-electron chi connectivity index (χ3n) is 2.50. The zero-order chi connectivity index (χ0) is 12.4. The predicted octanol–water partition coefficient (Wildman–Crippen LogP) is 2.77. The molecule has 0 saturated carbocycles. The second-order valence-corrected chi connectivity index (χ2v) is 3.55. The van der Waals surface area contributed by atoms with E-state index in [2.05, 4.69) is 0 Å².